The first kappa shape index (κ1) is 23.3. The molecule has 0 aliphatic heterocycles. The Morgan fingerprint density at radius 2 is 1.47 bits per heavy atom. The lowest BCUT2D eigenvalue weighted by atomic mass is 9.99. The Bertz CT molecular complexity index is 1090. The molecule has 0 radical (unpaired) electrons. The lowest BCUT2D eigenvalue weighted by Gasteiger charge is -2.08. The smallest absolute Gasteiger partial charge is 0.306 e. The lowest BCUT2D eigenvalue weighted by Crippen LogP contribution is -2.07. The molecule has 2 aromatic heterocycles. The Morgan fingerprint density at radius 3 is 2.00 bits per heavy atom. The molecule has 3 aromatic rings. The second kappa shape index (κ2) is 10.8. The largest absolute Gasteiger partial charge is 0.461 e. The lowest BCUT2D eigenvalue weighted by molar-refractivity contribution is -0.144. The van der Waals surface area contributed by atoms with Gasteiger partial charge in [-0.15, -0.1) is 0 Å². The van der Waals surface area contributed by atoms with Gasteiger partial charge in [0.25, 0.3) is 0 Å². The minimum atomic E-state index is -0.279. The second-order valence-electron chi connectivity index (χ2n) is 8.05. The summed E-state index contributed by atoms with van der Waals surface area (Å²) in [6.45, 7) is 6.19. The van der Waals surface area contributed by atoms with Crippen LogP contribution in [0.5, 0.6) is 0 Å². The van der Waals surface area contributed by atoms with Gasteiger partial charge in [0.05, 0.1) is 11.4 Å². The van der Waals surface area contributed by atoms with E-state index in [4.69, 9.17) is 4.74 Å². The van der Waals surface area contributed by atoms with E-state index in [1.54, 1.807) is 0 Å². The molecular weight excluding hydrogens is 404 g/mol. The van der Waals surface area contributed by atoms with Gasteiger partial charge in [-0.3, -0.25) is 14.4 Å². The highest BCUT2D eigenvalue weighted by atomic mass is 16.5. The maximum Gasteiger partial charge on any atom is 0.306 e. The number of carbonyl (C=O) groups is 3. The van der Waals surface area contributed by atoms with E-state index in [-0.39, 0.29) is 19.0 Å². The number of benzene rings is 1. The number of hydrogen-bond acceptors (Lipinski definition) is 4. The standard InChI is InChI=1S/C26H30N2O4/c1-4-8-20-17(2)24(14-29)27-22(20)13-23-21(18(3)25(15-30)28-23)11-12-26(31)32-16-19-9-6-5-7-10-19/h5-7,9-10,14-15,27-28H,4,8,11-13,16H2,1-3H3. The monoisotopic (exact) mass is 434 g/mol. The molecule has 3 rings (SSSR count). The predicted molar refractivity (Wildman–Crippen MR) is 123 cm³/mol. The van der Waals surface area contributed by atoms with E-state index < -0.39 is 0 Å². The maximum absolute atomic E-state index is 12.3. The fraction of sp³-hybridized carbons (Fsp3) is 0.346. The number of esters is 1. The molecule has 0 amide bonds. The molecule has 6 heteroatoms. The minimum absolute atomic E-state index is 0.224. The molecular formula is C26H30N2O4. The van der Waals surface area contributed by atoms with Gasteiger partial charge in [-0.05, 0) is 54.5 Å². The summed E-state index contributed by atoms with van der Waals surface area (Å²) in [5, 5.41) is 0. The quantitative estimate of drug-likeness (QED) is 0.335. The number of carbonyl (C=O) groups excluding carboxylic acids is 3. The Morgan fingerprint density at radius 1 is 0.906 bits per heavy atom. The summed E-state index contributed by atoms with van der Waals surface area (Å²) < 4.78 is 5.40. The van der Waals surface area contributed by atoms with Crippen LogP contribution < -0.4 is 0 Å². The first-order valence-electron chi connectivity index (χ1n) is 11.0. The van der Waals surface area contributed by atoms with E-state index in [1.165, 1.54) is 0 Å². The van der Waals surface area contributed by atoms with Crippen LogP contribution in [0.15, 0.2) is 30.3 Å². The fourth-order valence-corrected chi connectivity index (χ4v) is 4.12. The third kappa shape index (κ3) is 5.25. The Hall–Kier alpha value is -3.41. The van der Waals surface area contributed by atoms with Crippen LogP contribution in [0.25, 0.3) is 0 Å². The highest BCUT2D eigenvalue weighted by Gasteiger charge is 2.19. The molecule has 168 valence electrons. The first-order chi connectivity index (χ1) is 15.5. The van der Waals surface area contributed by atoms with Gasteiger partial charge in [0, 0.05) is 24.2 Å². The van der Waals surface area contributed by atoms with Gasteiger partial charge in [0.2, 0.25) is 0 Å². The van der Waals surface area contributed by atoms with Crippen LogP contribution in [-0.2, 0) is 35.4 Å². The van der Waals surface area contributed by atoms with Gasteiger partial charge in [-0.2, -0.15) is 0 Å². The molecule has 0 bridgehead atoms. The summed E-state index contributed by atoms with van der Waals surface area (Å²) in [5.74, 6) is -0.279. The topological polar surface area (TPSA) is 92.0 Å². The van der Waals surface area contributed by atoms with Gasteiger partial charge >= 0.3 is 5.97 Å². The first-order valence-corrected chi connectivity index (χ1v) is 11.0. The molecule has 0 saturated carbocycles. The van der Waals surface area contributed by atoms with Crippen LogP contribution >= 0.6 is 0 Å². The molecule has 0 unspecified atom stereocenters. The normalized spacial score (nSPS) is 10.8. The van der Waals surface area contributed by atoms with Crippen LogP contribution in [0.1, 0.15) is 79.9 Å². The number of aromatic nitrogens is 2. The number of ether oxygens (including phenoxy) is 1. The van der Waals surface area contributed by atoms with Crippen molar-refractivity contribution in [2.24, 2.45) is 0 Å². The summed E-state index contributed by atoms with van der Waals surface area (Å²) in [5.41, 5.74) is 7.82. The van der Waals surface area contributed by atoms with Crippen molar-refractivity contribution < 1.29 is 19.1 Å². The summed E-state index contributed by atoms with van der Waals surface area (Å²) in [4.78, 5) is 41.8. The minimum Gasteiger partial charge on any atom is -0.461 e. The number of nitrogens with one attached hydrogen (secondary N) is 2. The van der Waals surface area contributed by atoms with Crippen LogP contribution in [0, 0.1) is 13.8 Å². The van der Waals surface area contributed by atoms with Crippen molar-refractivity contribution in [3.05, 3.63) is 80.9 Å². The van der Waals surface area contributed by atoms with Crippen molar-refractivity contribution in [2.75, 3.05) is 0 Å². The third-order valence-corrected chi connectivity index (χ3v) is 5.92. The number of aromatic amines is 2. The molecule has 2 N–H and O–H groups in total. The van der Waals surface area contributed by atoms with Gasteiger partial charge in [0.1, 0.15) is 6.61 Å². The zero-order valence-corrected chi connectivity index (χ0v) is 18.9. The van der Waals surface area contributed by atoms with Gasteiger partial charge in [-0.1, -0.05) is 43.7 Å². The van der Waals surface area contributed by atoms with E-state index in [0.717, 1.165) is 64.6 Å². The molecule has 0 spiro atoms. The van der Waals surface area contributed by atoms with Crippen LogP contribution in [0.4, 0.5) is 0 Å². The van der Waals surface area contributed by atoms with E-state index in [0.29, 0.717) is 24.2 Å². The van der Waals surface area contributed by atoms with E-state index in [9.17, 15) is 14.4 Å². The van der Waals surface area contributed by atoms with Crippen molar-refractivity contribution in [1.82, 2.24) is 9.97 Å². The van der Waals surface area contributed by atoms with Gasteiger partial charge < -0.3 is 14.7 Å². The molecule has 2 heterocycles. The van der Waals surface area contributed by atoms with Crippen LogP contribution in [0.2, 0.25) is 0 Å². The molecule has 0 atom stereocenters. The SMILES string of the molecule is CCCc1c(Cc2[nH]c(C=O)c(C)c2CCC(=O)OCc2ccccc2)[nH]c(C=O)c1C. The molecule has 0 aliphatic carbocycles. The summed E-state index contributed by atoms with van der Waals surface area (Å²) in [6, 6.07) is 9.56. The molecule has 0 aliphatic rings. The van der Waals surface area contributed by atoms with Crippen LogP contribution in [0.3, 0.4) is 0 Å². The number of rotatable bonds is 11. The fourth-order valence-electron chi connectivity index (χ4n) is 4.12. The number of hydrogen-bond donors (Lipinski definition) is 2. The average molecular weight is 435 g/mol. The summed E-state index contributed by atoms with van der Waals surface area (Å²) >= 11 is 0. The zero-order chi connectivity index (χ0) is 23.1. The van der Waals surface area contributed by atoms with Crippen molar-refractivity contribution in [3.8, 4) is 0 Å². The van der Waals surface area contributed by atoms with E-state index in [2.05, 4.69) is 16.9 Å². The van der Waals surface area contributed by atoms with Crippen molar-refractivity contribution in [2.45, 2.75) is 59.5 Å². The highest BCUT2D eigenvalue weighted by molar-refractivity contribution is 5.77. The summed E-state index contributed by atoms with van der Waals surface area (Å²) in [7, 11) is 0. The average Bonchev–Trinajstić information content (AvgIpc) is 3.27. The Kier molecular flexibility index (Phi) is 7.82. The van der Waals surface area contributed by atoms with Crippen molar-refractivity contribution >= 4 is 18.5 Å². The van der Waals surface area contributed by atoms with E-state index in [1.807, 2.05) is 44.2 Å². The van der Waals surface area contributed by atoms with Crippen molar-refractivity contribution in [1.29, 1.82) is 0 Å². The Labute approximate surface area is 188 Å². The molecule has 1 aromatic carbocycles. The third-order valence-electron chi connectivity index (χ3n) is 5.92. The summed E-state index contributed by atoms with van der Waals surface area (Å²) in [6.07, 6.45) is 4.72. The highest BCUT2D eigenvalue weighted by Crippen LogP contribution is 2.26. The zero-order valence-electron chi connectivity index (χ0n) is 18.9. The molecule has 6 nitrogen and oxygen atoms in total. The maximum atomic E-state index is 12.3. The molecule has 0 fully saturated rings. The van der Waals surface area contributed by atoms with Crippen LogP contribution in [-0.4, -0.2) is 28.5 Å². The predicted octanol–water partition coefficient (Wildman–Crippen LogP) is 4.80. The van der Waals surface area contributed by atoms with Gasteiger partial charge in [0.15, 0.2) is 12.6 Å². The number of H-pyrrole nitrogens is 2. The second-order valence-corrected chi connectivity index (χ2v) is 8.05. The molecule has 32 heavy (non-hydrogen) atoms. The van der Waals surface area contributed by atoms with E-state index >= 15 is 0 Å². The van der Waals surface area contributed by atoms with Crippen molar-refractivity contribution in [3.63, 3.8) is 0 Å². The van der Waals surface area contributed by atoms with Gasteiger partial charge in [-0.25, -0.2) is 0 Å². The molecule has 0 saturated heterocycles. The number of aldehydes is 2. The Balaban J connectivity index is 1.76.